The Kier molecular flexibility index (Phi) is 10.2. The Hall–Kier alpha value is -1.51. The third-order valence-electron chi connectivity index (χ3n) is 4.16. The molecule has 0 atom stereocenters. The van der Waals surface area contributed by atoms with Crippen molar-refractivity contribution in [2.75, 3.05) is 13.2 Å². The molecule has 136 valence electrons. The molecule has 0 aliphatic carbocycles. The van der Waals surface area contributed by atoms with Crippen LogP contribution in [0.3, 0.4) is 0 Å². The van der Waals surface area contributed by atoms with Crippen LogP contribution in [0.4, 0.5) is 0 Å². The molecule has 0 amide bonds. The predicted molar refractivity (Wildman–Crippen MR) is 100.0 cm³/mol. The van der Waals surface area contributed by atoms with Crippen LogP contribution in [0, 0.1) is 13.8 Å². The van der Waals surface area contributed by atoms with Gasteiger partial charge in [-0.3, -0.25) is 0 Å². The number of hydrogen-bond acceptors (Lipinski definition) is 3. The number of rotatable bonds is 12. The molecule has 1 aromatic carbocycles. The summed E-state index contributed by atoms with van der Waals surface area (Å²) >= 11 is 0. The SMILES string of the molecule is CCCCCCCCCCOc1c(C)cc(C)cc1C(=O)OCC. The number of esters is 1. The molecule has 0 bridgehead atoms. The molecular weight excluding hydrogens is 300 g/mol. The van der Waals surface area contributed by atoms with Crippen molar-refractivity contribution in [2.45, 2.75) is 79.1 Å². The monoisotopic (exact) mass is 334 g/mol. The average Bonchev–Trinajstić information content (AvgIpc) is 2.54. The first-order valence-corrected chi connectivity index (χ1v) is 9.51. The lowest BCUT2D eigenvalue weighted by atomic mass is 10.1. The number of ether oxygens (including phenoxy) is 2. The molecule has 0 saturated heterocycles. The molecule has 1 aromatic rings. The third-order valence-corrected chi connectivity index (χ3v) is 4.16. The Morgan fingerprint density at radius 3 is 2.17 bits per heavy atom. The van der Waals surface area contributed by atoms with Crippen LogP contribution < -0.4 is 4.74 Å². The van der Waals surface area contributed by atoms with Gasteiger partial charge in [-0.05, 0) is 44.4 Å². The molecule has 0 heterocycles. The van der Waals surface area contributed by atoms with Gasteiger partial charge in [0.15, 0.2) is 0 Å². The lowest BCUT2D eigenvalue weighted by molar-refractivity contribution is 0.0521. The van der Waals surface area contributed by atoms with Gasteiger partial charge in [0.05, 0.1) is 13.2 Å². The van der Waals surface area contributed by atoms with E-state index in [1.54, 1.807) is 0 Å². The van der Waals surface area contributed by atoms with Gasteiger partial charge in [-0.15, -0.1) is 0 Å². The minimum atomic E-state index is -0.296. The van der Waals surface area contributed by atoms with E-state index in [9.17, 15) is 4.79 Å². The van der Waals surface area contributed by atoms with E-state index in [-0.39, 0.29) is 5.97 Å². The van der Waals surface area contributed by atoms with Crippen molar-refractivity contribution in [3.63, 3.8) is 0 Å². The molecule has 0 aliphatic rings. The summed E-state index contributed by atoms with van der Waals surface area (Å²) in [7, 11) is 0. The molecular formula is C21H34O3. The largest absolute Gasteiger partial charge is 0.492 e. The van der Waals surface area contributed by atoms with Crippen LogP contribution in [0.2, 0.25) is 0 Å². The Morgan fingerprint density at radius 1 is 0.917 bits per heavy atom. The number of hydrogen-bond donors (Lipinski definition) is 0. The highest BCUT2D eigenvalue weighted by molar-refractivity contribution is 5.93. The van der Waals surface area contributed by atoms with Gasteiger partial charge in [-0.2, -0.15) is 0 Å². The Morgan fingerprint density at radius 2 is 1.54 bits per heavy atom. The van der Waals surface area contributed by atoms with Crippen LogP contribution in [0.5, 0.6) is 5.75 Å². The van der Waals surface area contributed by atoms with Gasteiger partial charge in [-0.25, -0.2) is 4.79 Å². The molecule has 0 N–H and O–H groups in total. The van der Waals surface area contributed by atoms with Crippen molar-refractivity contribution in [1.82, 2.24) is 0 Å². The van der Waals surface area contributed by atoms with E-state index in [0.717, 1.165) is 17.5 Å². The molecule has 0 aliphatic heterocycles. The van der Waals surface area contributed by atoms with Crippen LogP contribution in [0.1, 0.15) is 86.7 Å². The van der Waals surface area contributed by atoms with Crippen LogP contribution in [-0.2, 0) is 4.74 Å². The van der Waals surface area contributed by atoms with Crippen LogP contribution in [0.25, 0.3) is 0 Å². The van der Waals surface area contributed by atoms with Gasteiger partial charge in [0.25, 0.3) is 0 Å². The minimum absolute atomic E-state index is 0.296. The highest BCUT2D eigenvalue weighted by Crippen LogP contribution is 2.26. The van der Waals surface area contributed by atoms with Gasteiger partial charge in [0, 0.05) is 0 Å². The molecule has 0 radical (unpaired) electrons. The van der Waals surface area contributed by atoms with Crippen molar-refractivity contribution in [2.24, 2.45) is 0 Å². The number of benzene rings is 1. The second-order valence-corrected chi connectivity index (χ2v) is 6.50. The quantitative estimate of drug-likeness (QED) is 0.347. The first-order valence-electron chi connectivity index (χ1n) is 9.51. The Labute approximate surface area is 147 Å². The molecule has 0 saturated carbocycles. The Bertz CT molecular complexity index is 494. The van der Waals surface area contributed by atoms with E-state index in [4.69, 9.17) is 9.47 Å². The fraction of sp³-hybridized carbons (Fsp3) is 0.667. The standard InChI is InChI=1S/C21H34O3/c1-5-7-8-9-10-11-12-13-14-24-20-18(4)15-17(3)16-19(20)21(22)23-6-2/h15-16H,5-14H2,1-4H3. The van der Waals surface area contributed by atoms with Crippen LogP contribution in [-0.4, -0.2) is 19.2 Å². The van der Waals surface area contributed by atoms with Crippen LogP contribution >= 0.6 is 0 Å². The van der Waals surface area contributed by atoms with Gasteiger partial charge >= 0.3 is 5.97 Å². The number of carbonyl (C=O) groups is 1. The fourth-order valence-corrected chi connectivity index (χ4v) is 2.92. The predicted octanol–water partition coefficient (Wildman–Crippen LogP) is 6.00. The summed E-state index contributed by atoms with van der Waals surface area (Å²) in [5.74, 6) is 0.386. The normalized spacial score (nSPS) is 10.7. The maximum absolute atomic E-state index is 12.1. The highest BCUT2D eigenvalue weighted by Gasteiger charge is 2.16. The van der Waals surface area contributed by atoms with Gasteiger partial charge in [-0.1, -0.05) is 57.9 Å². The molecule has 3 heteroatoms. The van der Waals surface area contributed by atoms with Crippen LogP contribution in [0.15, 0.2) is 12.1 Å². The number of carbonyl (C=O) groups excluding carboxylic acids is 1. The molecule has 1 rings (SSSR count). The van der Waals surface area contributed by atoms with Crippen molar-refractivity contribution in [1.29, 1.82) is 0 Å². The molecule has 0 fully saturated rings. The third kappa shape index (κ3) is 7.37. The maximum atomic E-state index is 12.1. The van der Waals surface area contributed by atoms with E-state index < -0.39 is 0 Å². The zero-order valence-corrected chi connectivity index (χ0v) is 16.0. The van der Waals surface area contributed by atoms with E-state index >= 15 is 0 Å². The maximum Gasteiger partial charge on any atom is 0.341 e. The first-order chi connectivity index (χ1) is 11.6. The smallest absolute Gasteiger partial charge is 0.341 e. The molecule has 0 aromatic heterocycles. The van der Waals surface area contributed by atoms with Crippen molar-refractivity contribution < 1.29 is 14.3 Å². The summed E-state index contributed by atoms with van der Waals surface area (Å²) in [6.45, 7) is 9.07. The molecule has 24 heavy (non-hydrogen) atoms. The van der Waals surface area contributed by atoms with Gasteiger partial charge in [0.2, 0.25) is 0 Å². The van der Waals surface area contributed by atoms with E-state index in [2.05, 4.69) is 6.92 Å². The summed E-state index contributed by atoms with van der Waals surface area (Å²) in [6.07, 6.45) is 10.2. The second-order valence-electron chi connectivity index (χ2n) is 6.50. The average molecular weight is 335 g/mol. The number of unbranched alkanes of at least 4 members (excludes halogenated alkanes) is 7. The molecule has 3 nitrogen and oxygen atoms in total. The van der Waals surface area contributed by atoms with E-state index in [1.807, 2.05) is 32.9 Å². The zero-order valence-electron chi connectivity index (χ0n) is 16.0. The van der Waals surface area contributed by atoms with Crippen molar-refractivity contribution >= 4 is 5.97 Å². The van der Waals surface area contributed by atoms with Crippen molar-refractivity contribution in [3.05, 3.63) is 28.8 Å². The summed E-state index contributed by atoms with van der Waals surface area (Å²) in [5, 5.41) is 0. The van der Waals surface area contributed by atoms with E-state index in [0.29, 0.717) is 24.5 Å². The highest BCUT2D eigenvalue weighted by atomic mass is 16.5. The summed E-state index contributed by atoms with van der Waals surface area (Å²) in [5.41, 5.74) is 2.60. The Balaban J connectivity index is 2.43. The topological polar surface area (TPSA) is 35.5 Å². The molecule has 0 spiro atoms. The lowest BCUT2D eigenvalue weighted by Gasteiger charge is -2.14. The van der Waals surface area contributed by atoms with Gasteiger partial charge < -0.3 is 9.47 Å². The van der Waals surface area contributed by atoms with E-state index in [1.165, 1.54) is 44.9 Å². The summed E-state index contributed by atoms with van der Waals surface area (Å²) < 4.78 is 11.1. The molecule has 0 unspecified atom stereocenters. The second kappa shape index (κ2) is 11.9. The zero-order chi connectivity index (χ0) is 17.8. The fourth-order valence-electron chi connectivity index (χ4n) is 2.92. The first kappa shape index (κ1) is 20.5. The summed E-state index contributed by atoms with van der Waals surface area (Å²) in [6, 6.07) is 3.90. The minimum Gasteiger partial charge on any atom is -0.492 e. The van der Waals surface area contributed by atoms with Crippen molar-refractivity contribution in [3.8, 4) is 5.75 Å². The number of aryl methyl sites for hydroxylation is 2. The lowest BCUT2D eigenvalue weighted by Crippen LogP contribution is -2.10. The summed E-state index contributed by atoms with van der Waals surface area (Å²) in [4.78, 5) is 12.1. The van der Waals surface area contributed by atoms with Gasteiger partial charge in [0.1, 0.15) is 11.3 Å².